The highest BCUT2D eigenvalue weighted by Crippen LogP contribution is 2.24. The molecule has 21 heavy (non-hydrogen) atoms. The summed E-state index contributed by atoms with van der Waals surface area (Å²) in [5.74, 6) is 0.838. The molecule has 2 aromatic rings. The zero-order chi connectivity index (χ0) is 14.8. The van der Waals surface area contributed by atoms with Crippen molar-refractivity contribution in [2.45, 2.75) is 12.8 Å². The largest absolute Gasteiger partial charge is 0.364 e. The molecule has 1 unspecified atom stereocenters. The SMILES string of the molecule is Cn1cc(CC2CCN(c3ccc(C(N)=O)nn3)C2)cn1. The zero-order valence-electron chi connectivity index (χ0n) is 11.9. The number of hydrogen-bond donors (Lipinski definition) is 1. The molecule has 0 aliphatic carbocycles. The zero-order valence-corrected chi connectivity index (χ0v) is 11.9. The van der Waals surface area contributed by atoms with E-state index in [0.717, 1.165) is 31.7 Å². The Morgan fingerprint density at radius 3 is 2.90 bits per heavy atom. The minimum atomic E-state index is -0.551. The van der Waals surface area contributed by atoms with Gasteiger partial charge < -0.3 is 10.6 Å². The predicted molar refractivity (Wildman–Crippen MR) is 77.8 cm³/mol. The highest BCUT2D eigenvalue weighted by atomic mass is 16.1. The molecule has 7 nitrogen and oxygen atoms in total. The molecule has 0 saturated carbocycles. The maximum Gasteiger partial charge on any atom is 0.269 e. The van der Waals surface area contributed by atoms with E-state index in [1.807, 2.05) is 17.9 Å². The standard InChI is InChI=1S/C14H18N6O/c1-19-8-11(7-16-19)6-10-4-5-20(9-10)13-3-2-12(14(15)21)17-18-13/h2-3,7-8,10H,4-6,9H2,1H3,(H2,15,21). The number of rotatable bonds is 4. The van der Waals surface area contributed by atoms with Crippen molar-refractivity contribution in [1.82, 2.24) is 20.0 Å². The van der Waals surface area contributed by atoms with Gasteiger partial charge in [-0.25, -0.2) is 0 Å². The van der Waals surface area contributed by atoms with Crippen LogP contribution in [0.3, 0.4) is 0 Å². The Morgan fingerprint density at radius 2 is 2.29 bits per heavy atom. The smallest absolute Gasteiger partial charge is 0.269 e. The molecule has 2 aromatic heterocycles. The van der Waals surface area contributed by atoms with Gasteiger partial charge >= 0.3 is 0 Å². The first-order valence-corrected chi connectivity index (χ1v) is 6.98. The Balaban J connectivity index is 1.62. The second-order valence-electron chi connectivity index (χ2n) is 5.47. The number of primary amides is 1. The average Bonchev–Trinajstić information content (AvgIpc) is 3.09. The van der Waals surface area contributed by atoms with Crippen LogP contribution >= 0.6 is 0 Å². The molecule has 0 radical (unpaired) electrons. The summed E-state index contributed by atoms with van der Waals surface area (Å²) in [5.41, 5.74) is 6.63. The quantitative estimate of drug-likeness (QED) is 0.877. The van der Waals surface area contributed by atoms with E-state index in [-0.39, 0.29) is 5.69 Å². The number of nitrogens with two attached hydrogens (primary N) is 1. The van der Waals surface area contributed by atoms with E-state index >= 15 is 0 Å². The third-order valence-electron chi connectivity index (χ3n) is 3.80. The summed E-state index contributed by atoms with van der Waals surface area (Å²) in [6, 6.07) is 3.43. The summed E-state index contributed by atoms with van der Waals surface area (Å²) in [6.07, 6.45) is 6.12. The van der Waals surface area contributed by atoms with Crippen LogP contribution < -0.4 is 10.6 Å². The number of carbonyl (C=O) groups is 1. The van der Waals surface area contributed by atoms with Gasteiger partial charge in [-0.2, -0.15) is 5.10 Å². The second-order valence-corrected chi connectivity index (χ2v) is 5.47. The van der Waals surface area contributed by atoms with Crippen LogP contribution in [0.5, 0.6) is 0 Å². The Kier molecular flexibility index (Phi) is 3.55. The van der Waals surface area contributed by atoms with Crippen LogP contribution in [0, 0.1) is 5.92 Å². The van der Waals surface area contributed by atoms with Gasteiger partial charge in [0.25, 0.3) is 5.91 Å². The summed E-state index contributed by atoms with van der Waals surface area (Å²) in [4.78, 5) is 13.2. The summed E-state index contributed by atoms with van der Waals surface area (Å²) in [5, 5.41) is 12.1. The average molecular weight is 286 g/mol. The van der Waals surface area contributed by atoms with Crippen LogP contribution in [0.2, 0.25) is 0 Å². The molecule has 3 rings (SSSR count). The summed E-state index contributed by atoms with van der Waals surface area (Å²) in [7, 11) is 1.93. The highest BCUT2D eigenvalue weighted by Gasteiger charge is 2.24. The van der Waals surface area contributed by atoms with Crippen molar-refractivity contribution in [2.75, 3.05) is 18.0 Å². The highest BCUT2D eigenvalue weighted by molar-refractivity contribution is 5.90. The van der Waals surface area contributed by atoms with E-state index in [2.05, 4.69) is 26.4 Å². The van der Waals surface area contributed by atoms with Gasteiger partial charge in [0.15, 0.2) is 11.5 Å². The molecule has 0 aromatic carbocycles. The maximum absolute atomic E-state index is 11.0. The Morgan fingerprint density at radius 1 is 1.43 bits per heavy atom. The van der Waals surface area contributed by atoms with Crippen molar-refractivity contribution in [3.63, 3.8) is 0 Å². The van der Waals surface area contributed by atoms with E-state index < -0.39 is 5.91 Å². The van der Waals surface area contributed by atoms with Crippen LogP contribution in [0.4, 0.5) is 5.82 Å². The predicted octanol–water partition coefficient (Wildman–Crippen LogP) is 0.378. The number of carbonyl (C=O) groups excluding carboxylic acids is 1. The van der Waals surface area contributed by atoms with Crippen molar-refractivity contribution in [1.29, 1.82) is 0 Å². The Hall–Kier alpha value is -2.44. The van der Waals surface area contributed by atoms with E-state index in [1.54, 1.807) is 12.1 Å². The number of hydrogen-bond acceptors (Lipinski definition) is 5. The molecule has 1 amide bonds. The lowest BCUT2D eigenvalue weighted by molar-refractivity contribution is 0.0994. The lowest BCUT2D eigenvalue weighted by Gasteiger charge is -2.16. The number of aromatic nitrogens is 4. The third-order valence-corrected chi connectivity index (χ3v) is 3.80. The van der Waals surface area contributed by atoms with E-state index in [0.29, 0.717) is 5.92 Å². The normalized spacial score (nSPS) is 18.1. The fraction of sp³-hybridized carbons (Fsp3) is 0.429. The number of nitrogens with zero attached hydrogens (tertiary/aromatic N) is 5. The molecule has 3 heterocycles. The van der Waals surface area contributed by atoms with E-state index in [4.69, 9.17) is 5.73 Å². The number of aryl methyl sites for hydroxylation is 1. The monoisotopic (exact) mass is 286 g/mol. The maximum atomic E-state index is 11.0. The summed E-state index contributed by atoms with van der Waals surface area (Å²) < 4.78 is 1.83. The van der Waals surface area contributed by atoms with Crippen LogP contribution in [-0.4, -0.2) is 39.0 Å². The second kappa shape index (κ2) is 5.51. The van der Waals surface area contributed by atoms with Gasteiger partial charge in [0.05, 0.1) is 6.20 Å². The van der Waals surface area contributed by atoms with Crippen molar-refractivity contribution in [3.8, 4) is 0 Å². The van der Waals surface area contributed by atoms with Crippen LogP contribution in [0.15, 0.2) is 24.5 Å². The van der Waals surface area contributed by atoms with Crippen molar-refractivity contribution in [2.24, 2.45) is 18.7 Å². The Bertz CT molecular complexity index is 635. The van der Waals surface area contributed by atoms with Crippen LogP contribution in [-0.2, 0) is 13.5 Å². The summed E-state index contributed by atoms with van der Waals surface area (Å²) in [6.45, 7) is 1.90. The third kappa shape index (κ3) is 3.01. The molecular formula is C14H18N6O. The molecule has 110 valence electrons. The van der Waals surface area contributed by atoms with Gasteiger partial charge in [0.2, 0.25) is 0 Å². The molecule has 1 atom stereocenters. The Labute approximate surface area is 122 Å². The van der Waals surface area contributed by atoms with E-state index in [9.17, 15) is 4.79 Å². The fourth-order valence-electron chi connectivity index (χ4n) is 2.74. The summed E-state index contributed by atoms with van der Waals surface area (Å²) >= 11 is 0. The minimum Gasteiger partial charge on any atom is -0.364 e. The number of amides is 1. The van der Waals surface area contributed by atoms with Crippen LogP contribution in [0.1, 0.15) is 22.5 Å². The lowest BCUT2D eigenvalue weighted by atomic mass is 10.0. The molecular weight excluding hydrogens is 268 g/mol. The topological polar surface area (TPSA) is 89.9 Å². The first-order chi connectivity index (χ1) is 10.1. The van der Waals surface area contributed by atoms with Crippen molar-refractivity contribution in [3.05, 3.63) is 35.8 Å². The van der Waals surface area contributed by atoms with Crippen molar-refractivity contribution >= 4 is 11.7 Å². The van der Waals surface area contributed by atoms with E-state index in [1.165, 1.54) is 5.56 Å². The van der Waals surface area contributed by atoms with Crippen LogP contribution in [0.25, 0.3) is 0 Å². The minimum absolute atomic E-state index is 0.199. The first-order valence-electron chi connectivity index (χ1n) is 6.98. The number of anilines is 1. The molecule has 0 bridgehead atoms. The molecule has 1 aliphatic rings. The van der Waals surface area contributed by atoms with Gasteiger partial charge in [-0.15, -0.1) is 10.2 Å². The van der Waals surface area contributed by atoms with Crippen molar-refractivity contribution < 1.29 is 4.79 Å². The molecule has 7 heteroatoms. The lowest BCUT2D eigenvalue weighted by Crippen LogP contribution is -2.22. The van der Waals surface area contributed by atoms with Gasteiger partial charge in [-0.3, -0.25) is 9.48 Å². The van der Waals surface area contributed by atoms with Gasteiger partial charge in [0, 0.05) is 26.3 Å². The molecule has 0 spiro atoms. The first kappa shape index (κ1) is 13.5. The molecule has 1 fully saturated rings. The van der Waals surface area contributed by atoms with Gasteiger partial charge in [-0.1, -0.05) is 0 Å². The van der Waals surface area contributed by atoms with Gasteiger partial charge in [0.1, 0.15) is 0 Å². The fourth-order valence-corrected chi connectivity index (χ4v) is 2.74. The molecule has 2 N–H and O–H groups in total. The molecule has 1 saturated heterocycles. The molecule has 1 aliphatic heterocycles. The van der Waals surface area contributed by atoms with Gasteiger partial charge in [-0.05, 0) is 36.5 Å².